The monoisotopic (exact) mass is 412 g/mol. The first kappa shape index (κ1) is 21.2. The van der Waals surface area contributed by atoms with Gasteiger partial charge in [0, 0.05) is 25.0 Å². The average molecular weight is 412 g/mol. The zero-order valence-corrected chi connectivity index (χ0v) is 16.8. The number of nitrogens with one attached hydrogen (secondary N) is 2. The summed E-state index contributed by atoms with van der Waals surface area (Å²) in [6.07, 6.45) is 0.639. The largest absolute Gasteiger partial charge is 0.379 e. The Morgan fingerprint density at radius 1 is 1.30 bits per heavy atom. The first-order valence-corrected chi connectivity index (χ1v) is 9.34. The summed E-state index contributed by atoms with van der Waals surface area (Å²) in [6, 6.07) is 5.16. The molecule has 0 spiro atoms. The van der Waals surface area contributed by atoms with Gasteiger partial charge in [0.2, 0.25) is 0 Å². The lowest BCUT2D eigenvalue weighted by atomic mass is 10.1. The van der Waals surface area contributed by atoms with Crippen LogP contribution in [0, 0.1) is 31.0 Å². The Morgan fingerprint density at radius 3 is 2.67 bits per heavy atom. The van der Waals surface area contributed by atoms with Gasteiger partial charge in [0.15, 0.2) is 0 Å². The van der Waals surface area contributed by atoms with E-state index in [0.29, 0.717) is 30.9 Å². The molecular formula is C21H21FN4O4. The Labute approximate surface area is 172 Å². The van der Waals surface area contributed by atoms with E-state index in [0.717, 1.165) is 6.07 Å². The van der Waals surface area contributed by atoms with Gasteiger partial charge >= 0.3 is 0 Å². The number of halogens is 1. The molecule has 1 aromatic carbocycles. The lowest BCUT2D eigenvalue weighted by Crippen LogP contribution is -2.40. The van der Waals surface area contributed by atoms with E-state index in [4.69, 9.17) is 10.00 Å². The van der Waals surface area contributed by atoms with Crippen molar-refractivity contribution >= 4 is 23.3 Å². The zero-order valence-electron chi connectivity index (χ0n) is 16.8. The molecule has 2 amide bonds. The number of amides is 2. The third kappa shape index (κ3) is 3.95. The fourth-order valence-corrected chi connectivity index (χ4v) is 3.52. The maximum atomic E-state index is 13.5. The highest BCUT2D eigenvalue weighted by molar-refractivity contribution is 6.43. The Balaban J connectivity index is 1.86. The van der Waals surface area contributed by atoms with E-state index in [2.05, 4.69) is 10.6 Å². The summed E-state index contributed by atoms with van der Waals surface area (Å²) >= 11 is 0. The van der Waals surface area contributed by atoms with Gasteiger partial charge in [0.05, 0.1) is 29.5 Å². The third-order valence-corrected chi connectivity index (χ3v) is 5.19. The molecule has 1 fully saturated rings. The van der Waals surface area contributed by atoms with Crippen molar-refractivity contribution in [3.05, 3.63) is 52.1 Å². The smallest absolute Gasteiger partial charge is 0.294 e. The van der Waals surface area contributed by atoms with Crippen molar-refractivity contribution in [2.45, 2.75) is 26.3 Å². The fourth-order valence-electron chi connectivity index (χ4n) is 3.52. The molecule has 1 atom stereocenters. The van der Waals surface area contributed by atoms with Crippen molar-refractivity contribution in [3.63, 3.8) is 0 Å². The van der Waals surface area contributed by atoms with Crippen LogP contribution >= 0.6 is 0 Å². The van der Waals surface area contributed by atoms with Crippen LogP contribution in [0.25, 0.3) is 0 Å². The molecule has 1 aromatic heterocycles. The molecule has 1 aliphatic rings. The minimum atomic E-state index is -0.752. The summed E-state index contributed by atoms with van der Waals surface area (Å²) in [5, 5.41) is 14.2. The number of nitrogens with zero attached hydrogens (tertiary/aromatic N) is 2. The summed E-state index contributed by atoms with van der Waals surface area (Å²) in [5.74, 6) is -2.70. The Hall–Kier alpha value is -3.51. The Kier molecular flexibility index (Phi) is 5.99. The number of aromatic nitrogens is 1. The molecule has 2 aromatic rings. The Morgan fingerprint density at radius 2 is 2.03 bits per heavy atom. The number of hydrogen-bond acceptors (Lipinski definition) is 5. The topological polar surface area (TPSA) is 113 Å². The van der Waals surface area contributed by atoms with Gasteiger partial charge in [0.1, 0.15) is 11.9 Å². The number of carbonyl (C=O) groups is 3. The average Bonchev–Trinajstić information content (AvgIpc) is 3.29. The molecule has 8 nitrogen and oxygen atoms in total. The van der Waals surface area contributed by atoms with Crippen LogP contribution in [0.1, 0.15) is 44.1 Å². The minimum Gasteiger partial charge on any atom is -0.379 e. The van der Waals surface area contributed by atoms with Gasteiger partial charge in [-0.25, -0.2) is 4.39 Å². The molecule has 1 saturated heterocycles. The van der Waals surface area contributed by atoms with E-state index in [1.165, 1.54) is 16.7 Å². The summed E-state index contributed by atoms with van der Waals surface area (Å²) in [7, 11) is 1.60. The second-order valence-electron chi connectivity index (χ2n) is 7.12. The summed E-state index contributed by atoms with van der Waals surface area (Å²) in [6.45, 7) is 4.14. The van der Waals surface area contributed by atoms with Crippen LogP contribution in [-0.2, 0) is 16.6 Å². The van der Waals surface area contributed by atoms with Crippen molar-refractivity contribution in [1.82, 2.24) is 9.88 Å². The summed E-state index contributed by atoms with van der Waals surface area (Å²) in [4.78, 5) is 38.0. The van der Waals surface area contributed by atoms with Crippen molar-refractivity contribution in [3.8, 4) is 6.07 Å². The third-order valence-electron chi connectivity index (χ3n) is 5.19. The summed E-state index contributed by atoms with van der Waals surface area (Å²) < 4.78 is 20.2. The second kappa shape index (κ2) is 8.47. The predicted octanol–water partition coefficient (Wildman–Crippen LogP) is 1.99. The Bertz CT molecular complexity index is 1080. The minimum absolute atomic E-state index is 0.117. The molecule has 0 saturated carbocycles. The number of carbonyl (C=O) groups excluding carboxylic acids is 3. The molecule has 0 unspecified atom stereocenters. The number of nitriles is 1. The van der Waals surface area contributed by atoms with Gasteiger partial charge in [-0.15, -0.1) is 0 Å². The number of anilines is 1. The number of rotatable bonds is 5. The van der Waals surface area contributed by atoms with Crippen molar-refractivity contribution in [2.75, 3.05) is 18.5 Å². The predicted molar refractivity (Wildman–Crippen MR) is 106 cm³/mol. The van der Waals surface area contributed by atoms with Crippen LogP contribution in [0.5, 0.6) is 0 Å². The van der Waals surface area contributed by atoms with Crippen LogP contribution in [0.3, 0.4) is 0 Å². The van der Waals surface area contributed by atoms with Crippen molar-refractivity contribution < 1.29 is 23.5 Å². The first-order valence-electron chi connectivity index (χ1n) is 9.34. The lowest BCUT2D eigenvalue weighted by Gasteiger charge is -2.11. The van der Waals surface area contributed by atoms with Crippen LogP contribution in [-0.4, -0.2) is 41.4 Å². The number of ether oxygens (including phenoxy) is 1. The molecule has 2 N–H and O–H groups in total. The second-order valence-corrected chi connectivity index (χ2v) is 7.12. The maximum absolute atomic E-state index is 13.5. The first-order chi connectivity index (χ1) is 14.2. The van der Waals surface area contributed by atoms with Gasteiger partial charge in [-0.3, -0.25) is 14.4 Å². The molecule has 0 radical (unpaired) electrons. The van der Waals surface area contributed by atoms with E-state index >= 15 is 0 Å². The fraction of sp³-hybridized carbons (Fsp3) is 0.333. The molecular weight excluding hydrogens is 391 g/mol. The molecule has 30 heavy (non-hydrogen) atoms. The molecule has 9 heteroatoms. The molecule has 2 heterocycles. The molecule has 3 rings (SSSR count). The molecule has 0 aliphatic carbocycles. The number of hydrogen-bond donors (Lipinski definition) is 2. The summed E-state index contributed by atoms with van der Waals surface area (Å²) in [5.41, 5.74) is 1.25. The highest BCUT2D eigenvalue weighted by Crippen LogP contribution is 2.24. The maximum Gasteiger partial charge on any atom is 0.294 e. The van der Waals surface area contributed by atoms with E-state index in [9.17, 15) is 18.8 Å². The van der Waals surface area contributed by atoms with Gasteiger partial charge < -0.3 is 19.9 Å². The molecule has 156 valence electrons. The molecule has 0 bridgehead atoms. The number of benzene rings is 1. The van der Waals surface area contributed by atoms with E-state index in [-0.39, 0.29) is 28.6 Å². The highest BCUT2D eigenvalue weighted by atomic mass is 19.1. The SMILES string of the molecule is Cc1c(C(=O)Nc2ccc(F)c(C#N)c2)c(C)n(C)c1C(=O)C(=O)N[C@@H]1CCOC1. The highest BCUT2D eigenvalue weighted by Gasteiger charge is 2.30. The molecule has 1 aliphatic heterocycles. The number of Topliss-reactive ketones (excluding diaryl/α,β-unsaturated/α-hetero) is 1. The normalized spacial score (nSPS) is 15.5. The van der Waals surface area contributed by atoms with Crippen LogP contribution in [0.15, 0.2) is 18.2 Å². The van der Waals surface area contributed by atoms with E-state index < -0.39 is 23.4 Å². The van der Waals surface area contributed by atoms with Gasteiger partial charge in [-0.1, -0.05) is 0 Å². The zero-order chi connectivity index (χ0) is 22.0. The quantitative estimate of drug-likeness (QED) is 0.576. The van der Waals surface area contributed by atoms with Crippen LogP contribution < -0.4 is 10.6 Å². The van der Waals surface area contributed by atoms with Gasteiger partial charge in [0.25, 0.3) is 17.6 Å². The number of ketones is 1. The van der Waals surface area contributed by atoms with Crippen molar-refractivity contribution in [1.29, 1.82) is 5.26 Å². The standard InChI is InChI=1S/C21H21FN4O4/c1-11-17(20(28)24-14-4-5-16(22)13(8-14)9-23)12(2)26(3)18(11)19(27)21(29)25-15-6-7-30-10-15/h4-5,8,15H,6-7,10H2,1-3H3,(H,24,28)(H,25,29)/t15-/m1/s1. The van der Waals surface area contributed by atoms with Gasteiger partial charge in [-0.05, 0) is 44.0 Å². The van der Waals surface area contributed by atoms with Crippen LogP contribution in [0.4, 0.5) is 10.1 Å². The van der Waals surface area contributed by atoms with Crippen LogP contribution in [0.2, 0.25) is 0 Å². The lowest BCUT2D eigenvalue weighted by molar-refractivity contribution is -0.117. The van der Waals surface area contributed by atoms with Crippen molar-refractivity contribution in [2.24, 2.45) is 7.05 Å². The van der Waals surface area contributed by atoms with E-state index in [1.54, 1.807) is 27.0 Å². The van der Waals surface area contributed by atoms with E-state index in [1.807, 2.05) is 0 Å². The van der Waals surface area contributed by atoms with Gasteiger partial charge in [-0.2, -0.15) is 5.26 Å².